The minimum atomic E-state index is -4.94. The molecular weight excluding hydrogens is 408 g/mol. The molecule has 3 nitrogen and oxygen atoms in total. The SMILES string of the molecule is Cc1cccc(C2CC2)c1OC1C(F)=CC(Cl)=CC1(c1cccnn1)C(F)(F)F. The highest BCUT2D eigenvalue weighted by Gasteiger charge is 2.64. The van der Waals surface area contributed by atoms with E-state index in [0.717, 1.165) is 36.6 Å². The third-order valence-corrected chi connectivity index (χ3v) is 5.48. The van der Waals surface area contributed by atoms with Gasteiger partial charge in [0, 0.05) is 11.2 Å². The van der Waals surface area contributed by atoms with Gasteiger partial charge in [-0.2, -0.15) is 23.4 Å². The van der Waals surface area contributed by atoms with Crippen molar-refractivity contribution in [1.29, 1.82) is 0 Å². The summed E-state index contributed by atoms with van der Waals surface area (Å²) in [6, 6.07) is 7.82. The van der Waals surface area contributed by atoms with Crippen LogP contribution in [0.4, 0.5) is 17.6 Å². The fourth-order valence-electron chi connectivity index (χ4n) is 3.68. The summed E-state index contributed by atoms with van der Waals surface area (Å²) in [6.45, 7) is 1.73. The summed E-state index contributed by atoms with van der Waals surface area (Å²) in [5.41, 5.74) is -1.98. The second-order valence-electron chi connectivity index (χ2n) is 7.30. The molecular formula is C21H17ClF4N2O. The van der Waals surface area contributed by atoms with E-state index in [4.69, 9.17) is 16.3 Å². The summed E-state index contributed by atoms with van der Waals surface area (Å²) in [5, 5.41) is 6.83. The molecule has 1 saturated carbocycles. The van der Waals surface area contributed by atoms with Gasteiger partial charge < -0.3 is 4.74 Å². The van der Waals surface area contributed by atoms with Gasteiger partial charge in [-0.25, -0.2) is 4.39 Å². The number of aromatic nitrogens is 2. The zero-order valence-electron chi connectivity index (χ0n) is 15.4. The Morgan fingerprint density at radius 3 is 2.55 bits per heavy atom. The van der Waals surface area contributed by atoms with Crippen molar-refractivity contribution >= 4 is 11.6 Å². The predicted octanol–water partition coefficient (Wildman–Crippen LogP) is 5.90. The lowest BCUT2D eigenvalue weighted by atomic mass is 9.74. The van der Waals surface area contributed by atoms with E-state index in [-0.39, 0.29) is 16.7 Å². The summed E-state index contributed by atoms with van der Waals surface area (Å²) < 4.78 is 64.4. The molecule has 0 bridgehead atoms. The number of alkyl halides is 3. The molecule has 2 unspecified atom stereocenters. The first kappa shape index (κ1) is 19.9. The summed E-state index contributed by atoms with van der Waals surface area (Å²) in [6.07, 6.45) is -2.27. The number of allylic oxidation sites excluding steroid dienone is 2. The van der Waals surface area contributed by atoms with Crippen molar-refractivity contribution in [3.05, 3.63) is 76.4 Å². The average molecular weight is 425 g/mol. The van der Waals surface area contributed by atoms with Gasteiger partial charge >= 0.3 is 6.18 Å². The van der Waals surface area contributed by atoms with Crippen molar-refractivity contribution in [2.75, 3.05) is 0 Å². The normalized spacial score (nSPS) is 24.7. The van der Waals surface area contributed by atoms with Crippen LogP contribution >= 0.6 is 11.6 Å². The monoisotopic (exact) mass is 424 g/mol. The molecule has 1 aromatic carbocycles. The summed E-state index contributed by atoms with van der Waals surface area (Å²) in [5.74, 6) is -0.644. The number of hydrogen-bond donors (Lipinski definition) is 0. The van der Waals surface area contributed by atoms with Gasteiger partial charge in [0.25, 0.3) is 0 Å². The van der Waals surface area contributed by atoms with E-state index in [1.807, 2.05) is 12.1 Å². The number of rotatable bonds is 4. The molecule has 2 aliphatic rings. The molecule has 2 aliphatic carbocycles. The maximum atomic E-state index is 15.0. The van der Waals surface area contributed by atoms with Crippen LogP contribution in [0.5, 0.6) is 5.75 Å². The second-order valence-corrected chi connectivity index (χ2v) is 7.74. The molecule has 0 N–H and O–H groups in total. The highest BCUT2D eigenvalue weighted by Crippen LogP contribution is 2.52. The number of nitrogens with zero attached hydrogens (tertiary/aromatic N) is 2. The number of para-hydroxylation sites is 1. The number of halogens is 5. The maximum absolute atomic E-state index is 15.0. The van der Waals surface area contributed by atoms with Gasteiger partial charge in [0.1, 0.15) is 11.6 Å². The summed E-state index contributed by atoms with van der Waals surface area (Å²) in [4.78, 5) is 0. The Hall–Kier alpha value is -2.41. The summed E-state index contributed by atoms with van der Waals surface area (Å²) >= 11 is 5.88. The van der Waals surface area contributed by atoms with Gasteiger partial charge in [-0.05, 0) is 61.1 Å². The van der Waals surface area contributed by atoms with Gasteiger partial charge in [0.05, 0.1) is 5.69 Å². The highest BCUT2D eigenvalue weighted by molar-refractivity contribution is 6.31. The lowest BCUT2D eigenvalue weighted by Crippen LogP contribution is -2.55. The average Bonchev–Trinajstić information content (AvgIpc) is 3.49. The molecule has 2 atom stereocenters. The van der Waals surface area contributed by atoms with Crippen molar-refractivity contribution < 1.29 is 22.3 Å². The van der Waals surface area contributed by atoms with Gasteiger partial charge in [0.15, 0.2) is 11.5 Å². The Labute approximate surface area is 170 Å². The van der Waals surface area contributed by atoms with E-state index in [1.54, 1.807) is 13.0 Å². The van der Waals surface area contributed by atoms with Gasteiger partial charge in [-0.3, -0.25) is 0 Å². The highest BCUT2D eigenvalue weighted by atomic mass is 35.5. The van der Waals surface area contributed by atoms with Crippen LogP contribution in [0.1, 0.15) is 35.6 Å². The van der Waals surface area contributed by atoms with E-state index in [1.165, 1.54) is 12.3 Å². The first-order chi connectivity index (χ1) is 13.7. The lowest BCUT2D eigenvalue weighted by Gasteiger charge is -2.40. The van der Waals surface area contributed by atoms with Crippen molar-refractivity contribution in [2.45, 2.75) is 43.4 Å². The van der Waals surface area contributed by atoms with E-state index in [2.05, 4.69) is 10.2 Å². The van der Waals surface area contributed by atoms with Gasteiger partial charge in [0.2, 0.25) is 0 Å². The fraction of sp³-hybridized carbons (Fsp3) is 0.333. The van der Waals surface area contributed by atoms with Crippen LogP contribution in [-0.4, -0.2) is 22.5 Å². The van der Waals surface area contributed by atoms with E-state index in [0.29, 0.717) is 5.56 Å². The second kappa shape index (κ2) is 7.13. The molecule has 0 aliphatic heterocycles. The van der Waals surface area contributed by atoms with E-state index >= 15 is 4.39 Å². The molecule has 1 heterocycles. The molecule has 152 valence electrons. The van der Waals surface area contributed by atoms with Crippen molar-refractivity contribution in [2.24, 2.45) is 0 Å². The molecule has 0 spiro atoms. The third-order valence-electron chi connectivity index (χ3n) is 5.27. The number of hydrogen-bond acceptors (Lipinski definition) is 3. The van der Waals surface area contributed by atoms with Crippen molar-refractivity contribution in [3.63, 3.8) is 0 Å². The van der Waals surface area contributed by atoms with Crippen molar-refractivity contribution in [3.8, 4) is 5.75 Å². The molecule has 4 rings (SSSR count). The van der Waals surface area contributed by atoms with Gasteiger partial charge in [-0.1, -0.05) is 29.8 Å². The minimum absolute atomic E-state index is 0.205. The zero-order chi connectivity index (χ0) is 20.8. The van der Waals surface area contributed by atoms with Crippen LogP contribution in [0.3, 0.4) is 0 Å². The van der Waals surface area contributed by atoms with Crippen LogP contribution in [0.15, 0.2) is 59.5 Å². The molecule has 1 fully saturated rings. The summed E-state index contributed by atoms with van der Waals surface area (Å²) in [7, 11) is 0. The largest absolute Gasteiger partial charge is 0.481 e. The molecule has 0 amide bonds. The molecule has 8 heteroatoms. The predicted molar refractivity (Wildman–Crippen MR) is 100 cm³/mol. The van der Waals surface area contributed by atoms with E-state index in [9.17, 15) is 13.2 Å². The smallest absolute Gasteiger partial charge is 0.407 e. The zero-order valence-corrected chi connectivity index (χ0v) is 16.1. The van der Waals surface area contributed by atoms with Gasteiger partial charge in [-0.15, -0.1) is 0 Å². The number of aryl methyl sites for hydroxylation is 1. The van der Waals surface area contributed by atoms with Crippen LogP contribution in [0.25, 0.3) is 0 Å². The number of benzene rings is 1. The van der Waals surface area contributed by atoms with Crippen LogP contribution in [0, 0.1) is 6.92 Å². The molecule has 0 radical (unpaired) electrons. The molecule has 0 saturated heterocycles. The molecule has 2 aromatic rings. The topological polar surface area (TPSA) is 35.0 Å². The Bertz CT molecular complexity index is 986. The Balaban J connectivity index is 1.90. The van der Waals surface area contributed by atoms with E-state index < -0.39 is 29.2 Å². The van der Waals surface area contributed by atoms with Crippen LogP contribution in [0.2, 0.25) is 0 Å². The lowest BCUT2D eigenvalue weighted by molar-refractivity contribution is -0.197. The maximum Gasteiger partial charge on any atom is 0.407 e. The fourth-order valence-corrected chi connectivity index (χ4v) is 3.96. The Morgan fingerprint density at radius 1 is 1.17 bits per heavy atom. The van der Waals surface area contributed by atoms with Crippen LogP contribution in [-0.2, 0) is 5.41 Å². The van der Waals surface area contributed by atoms with Crippen molar-refractivity contribution in [1.82, 2.24) is 10.2 Å². The quantitative estimate of drug-likeness (QED) is 0.573. The Morgan fingerprint density at radius 2 is 1.93 bits per heavy atom. The Kier molecular flexibility index (Phi) is 4.89. The van der Waals surface area contributed by atoms with Crippen LogP contribution < -0.4 is 4.74 Å². The molecule has 29 heavy (non-hydrogen) atoms. The molecule has 1 aromatic heterocycles. The standard InChI is InChI=1S/C21H17ClF4N2O/c1-12-4-2-5-15(13-7-8-13)18(12)29-19-16(23)10-14(22)11-20(19,21(24,25)26)17-6-3-9-27-28-17/h2-6,9-11,13,19H,7-8H2,1H3. The number of ether oxygens (including phenoxy) is 1. The third kappa shape index (κ3) is 3.41. The first-order valence-electron chi connectivity index (χ1n) is 9.10. The minimum Gasteiger partial charge on any atom is -0.481 e. The first-order valence-corrected chi connectivity index (χ1v) is 9.48.